The topological polar surface area (TPSA) is 116 Å². The molecule has 10 heteroatoms. The number of benzene rings is 1. The van der Waals surface area contributed by atoms with Crippen LogP contribution in [0, 0.1) is 0 Å². The maximum Gasteiger partial charge on any atom is 0.325 e. The Morgan fingerprint density at radius 3 is 2.67 bits per heavy atom. The highest BCUT2D eigenvalue weighted by molar-refractivity contribution is 7.92. The van der Waals surface area contributed by atoms with Crippen LogP contribution in [0.4, 0.5) is 10.5 Å². The Morgan fingerprint density at radius 2 is 1.90 bits per heavy atom. The maximum atomic E-state index is 12.6. The van der Waals surface area contributed by atoms with Gasteiger partial charge in [-0.1, -0.05) is 31.0 Å². The zero-order valence-corrected chi connectivity index (χ0v) is 17.5. The zero-order valence-electron chi connectivity index (χ0n) is 16.7. The number of nitrogens with zero attached hydrogens (tertiary/aromatic N) is 2. The molecule has 2 aliphatic heterocycles. The van der Waals surface area contributed by atoms with Crippen molar-refractivity contribution in [3.05, 3.63) is 29.8 Å². The first kappa shape index (κ1) is 20.6. The fourth-order valence-electron chi connectivity index (χ4n) is 4.52. The van der Waals surface area contributed by atoms with E-state index in [-0.39, 0.29) is 37.1 Å². The number of carbonyl (C=O) groups is 3. The average Bonchev–Trinajstić information content (AvgIpc) is 3.40. The van der Waals surface area contributed by atoms with E-state index in [2.05, 4.69) is 10.6 Å². The quantitative estimate of drug-likeness (QED) is 0.615. The molecule has 2 fully saturated rings. The number of hydrogen-bond acceptors (Lipinski definition) is 5. The van der Waals surface area contributed by atoms with Crippen molar-refractivity contribution < 1.29 is 22.8 Å². The molecule has 1 saturated heterocycles. The number of hydrogen-bond donors (Lipinski definition) is 2. The van der Waals surface area contributed by atoms with Gasteiger partial charge in [0.25, 0.3) is 5.91 Å². The van der Waals surface area contributed by atoms with Gasteiger partial charge in [-0.25, -0.2) is 13.2 Å². The highest BCUT2D eigenvalue weighted by Gasteiger charge is 2.52. The van der Waals surface area contributed by atoms with Crippen LogP contribution in [0.15, 0.2) is 24.3 Å². The average molecular weight is 435 g/mol. The van der Waals surface area contributed by atoms with E-state index in [1.165, 1.54) is 4.31 Å². The van der Waals surface area contributed by atoms with Crippen molar-refractivity contribution in [3.63, 3.8) is 0 Å². The van der Waals surface area contributed by atoms with Crippen LogP contribution in [0.3, 0.4) is 0 Å². The molecular formula is C20H26N4O5S. The van der Waals surface area contributed by atoms with Crippen molar-refractivity contribution in [1.29, 1.82) is 0 Å². The van der Waals surface area contributed by atoms with Crippen LogP contribution < -0.4 is 14.9 Å². The summed E-state index contributed by atoms with van der Waals surface area (Å²) in [7, 11) is -3.54. The molecule has 0 aromatic heterocycles. The summed E-state index contributed by atoms with van der Waals surface area (Å²) >= 11 is 0. The lowest BCUT2D eigenvalue weighted by Gasteiger charge is -2.20. The van der Waals surface area contributed by atoms with Crippen molar-refractivity contribution >= 4 is 33.6 Å². The number of urea groups is 1. The second-order valence-electron chi connectivity index (χ2n) is 8.04. The summed E-state index contributed by atoms with van der Waals surface area (Å²) in [5.74, 6) is -0.854. The van der Waals surface area contributed by atoms with Crippen molar-refractivity contribution in [2.75, 3.05) is 29.7 Å². The van der Waals surface area contributed by atoms with Crippen molar-refractivity contribution in [2.45, 2.75) is 44.1 Å². The molecule has 3 aliphatic rings. The minimum absolute atomic E-state index is 0.00942. The molecule has 0 radical (unpaired) electrons. The van der Waals surface area contributed by atoms with Gasteiger partial charge in [0.05, 0.1) is 11.4 Å². The molecule has 2 heterocycles. The molecule has 0 unspecified atom stereocenters. The van der Waals surface area contributed by atoms with Gasteiger partial charge in [0.15, 0.2) is 0 Å². The molecule has 1 spiro atoms. The second kappa shape index (κ2) is 7.90. The molecular weight excluding hydrogens is 408 g/mol. The standard InChI is InChI=1S/C20H26N4O5S/c25-17(8-12-23-18(26)20(22-19(23)27)9-3-4-10-20)21-11-14-30(28,29)24-13-7-15-5-1-2-6-16(15)24/h1-2,5-6H,3-4,7-14H2,(H,21,25)(H,22,27). The highest BCUT2D eigenvalue weighted by atomic mass is 32.2. The van der Waals surface area contributed by atoms with Gasteiger partial charge in [-0.3, -0.25) is 18.8 Å². The lowest BCUT2D eigenvalue weighted by molar-refractivity contribution is -0.131. The first-order valence-corrected chi connectivity index (χ1v) is 11.9. The first-order chi connectivity index (χ1) is 14.3. The summed E-state index contributed by atoms with van der Waals surface area (Å²) in [4.78, 5) is 37.9. The number of para-hydroxylation sites is 1. The minimum Gasteiger partial charge on any atom is -0.355 e. The highest BCUT2D eigenvalue weighted by Crippen LogP contribution is 2.35. The van der Waals surface area contributed by atoms with Crippen LogP contribution in [-0.4, -0.2) is 62.1 Å². The Balaban J connectivity index is 1.25. The third-order valence-electron chi connectivity index (χ3n) is 6.13. The Morgan fingerprint density at radius 1 is 1.17 bits per heavy atom. The van der Waals surface area contributed by atoms with Gasteiger partial charge in [-0.05, 0) is 30.9 Å². The van der Waals surface area contributed by atoms with Gasteiger partial charge in [0.1, 0.15) is 5.54 Å². The Kier molecular flexibility index (Phi) is 5.44. The summed E-state index contributed by atoms with van der Waals surface area (Å²) in [5.41, 5.74) is 0.912. The maximum absolute atomic E-state index is 12.6. The van der Waals surface area contributed by atoms with Crippen LogP contribution in [0.2, 0.25) is 0 Å². The minimum atomic E-state index is -3.54. The number of rotatable bonds is 7. The molecule has 4 amide bonds. The second-order valence-corrected chi connectivity index (χ2v) is 10.1. The number of amides is 4. The molecule has 30 heavy (non-hydrogen) atoms. The molecule has 1 aromatic carbocycles. The summed E-state index contributed by atoms with van der Waals surface area (Å²) in [5, 5.41) is 5.36. The van der Waals surface area contributed by atoms with E-state index in [1.807, 2.05) is 12.1 Å². The number of carbonyl (C=O) groups excluding carboxylic acids is 3. The molecule has 4 rings (SSSR count). The van der Waals surface area contributed by atoms with Gasteiger partial charge in [0, 0.05) is 26.1 Å². The van der Waals surface area contributed by atoms with Crippen LogP contribution in [0.25, 0.3) is 0 Å². The van der Waals surface area contributed by atoms with E-state index in [9.17, 15) is 22.8 Å². The first-order valence-electron chi connectivity index (χ1n) is 10.3. The largest absolute Gasteiger partial charge is 0.355 e. The fourth-order valence-corrected chi connectivity index (χ4v) is 5.95. The molecule has 1 saturated carbocycles. The lowest BCUT2D eigenvalue weighted by atomic mass is 9.98. The van der Waals surface area contributed by atoms with Gasteiger partial charge >= 0.3 is 6.03 Å². The third kappa shape index (κ3) is 3.76. The lowest BCUT2D eigenvalue weighted by Crippen LogP contribution is -2.44. The molecule has 0 atom stereocenters. The normalized spacial score (nSPS) is 20.0. The van der Waals surface area contributed by atoms with E-state index in [1.54, 1.807) is 12.1 Å². The van der Waals surface area contributed by atoms with Gasteiger partial charge in [-0.2, -0.15) is 0 Å². The molecule has 9 nitrogen and oxygen atoms in total. The molecule has 1 aromatic rings. The van der Waals surface area contributed by atoms with Gasteiger partial charge in [-0.15, -0.1) is 0 Å². The number of nitrogens with one attached hydrogen (secondary N) is 2. The van der Waals surface area contributed by atoms with E-state index in [0.717, 1.165) is 23.3 Å². The number of fused-ring (bicyclic) bond motifs is 1. The molecule has 2 N–H and O–H groups in total. The molecule has 162 valence electrons. The van der Waals surface area contributed by atoms with E-state index < -0.39 is 21.6 Å². The van der Waals surface area contributed by atoms with E-state index in [0.29, 0.717) is 31.5 Å². The summed E-state index contributed by atoms with van der Waals surface area (Å²) < 4.78 is 26.7. The molecule has 1 aliphatic carbocycles. The monoisotopic (exact) mass is 434 g/mol. The SMILES string of the molecule is O=C(CCN1C(=O)NC2(CCCC2)C1=O)NCCS(=O)(=O)N1CCc2ccccc21. The summed E-state index contributed by atoms with van der Waals surface area (Å²) in [6, 6.07) is 6.94. The van der Waals surface area contributed by atoms with E-state index in [4.69, 9.17) is 0 Å². The predicted molar refractivity (Wildman–Crippen MR) is 110 cm³/mol. The van der Waals surface area contributed by atoms with Crippen molar-refractivity contribution in [1.82, 2.24) is 15.5 Å². The van der Waals surface area contributed by atoms with Crippen molar-refractivity contribution in [3.8, 4) is 0 Å². The van der Waals surface area contributed by atoms with Gasteiger partial charge in [0.2, 0.25) is 15.9 Å². The van der Waals surface area contributed by atoms with Crippen LogP contribution in [0.1, 0.15) is 37.7 Å². The molecule has 0 bridgehead atoms. The van der Waals surface area contributed by atoms with Crippen LogP contribution in [0.5, 0.6) is 0 Å². The zero-order chi connectivity index (χ0) is 21.4. The van der Waals surface area contributed by atoms with Crippen molar-refractivity contribution in [2.24, 2.45) is 0 Å². The number of imide groups is 1. The fraction of sp³-hybridized carbons (Fsp3) is 0.550. The Labute approximate surface area is 175 Å². The summed E-state index contributed by atoms with van der Waals surface area (Å²) in [6.07, 6.45) is 3.69. The third-order valence-corrected chi connectivity index (χ3v) is 7.90. The Bertz CT molecular complexity index is 971. The predicted octanol–water partition coefficient (Wildman–Crippen LogP) is 0.750. The Hall–Kier alpha value is -2.62. The summed E-state index contributed by atoms with van der Waals surface area (Å²) in [6.45, 7) is 0.373. The van der Waals surface area contributed by atoms with Gasteiger partial charge < -0.3 is 10.6 Å². The van der Waals surface area contributed by atoms with E-state index >= 15 is 0 Å². The van der Waals surface area contributed by atoms with Crippen LogP contribution >= 0.6 is 0 Å². The van der Waals surface area contributed by atoms with Crippen LogP contribution in [-0.2, 0) is 26.0 Å². The number of sulfonamides is 1. The smallest absolute Gasteiger partial charge is 0.325 e. The number of anilines is 1.